The van der Waals surface area contributed by atoms with Crippen molar-refractivity contribution in [2.45, 2.75) is 24.1 Å². The van der Waals surface area contributed by atoms with Gasteiger partial charge in [-0.15, -0.1) is 10.2 Å². The molecule has 0 spiro atoms. The van der Waals surface area contributed by atoms with Crippen molar-refractivity contribution < 1.29 is 14.0 Å². The molecule has 3 N–H and O–H groups in total. The third-order valence-electron chi connectivity index (χ3n) is 4.12. The summed E-state index contributed by atoms with van der Waals surface area (Å²) in [5.41, 5.74) is 6.45. The summed E-state index contributed by atoms with van der Waals surface area (Å²) in [7, 11) is 0. The monoisotopic (exact) mass is 398 g/mol. The van der Waals surface area contributed by atoms with Crippen molar-refractivity contribution in [2.24, 2.45) is 11.7 Å². The zero-order valence-corrected chi connectivity index (χ0v) is 16.2. The quantitative estimate of drug-likeness (QED) is 0.638. The lowest BCUT2D eigenvalue weighted by Gasteiger charge is -2.19. The number of imide groups is 1. The number of amides is 3. The zero-order chi connectivity index (χ0) is 20.3. The number of nitrogens with two attached hydrogens (primary N) is 1. The van der Waals surface area contributed by atoms with Crippen LogP contribution in [0.2, 0.25) is 0 Å². The fourth-order valence-corrected chi connectivity index (χ4v) is 3.86. The SMILES string of the molecule is CC(C)[C@@H](Sc1nnc(-c2ccc(F)cc2)c2ccccc12)C(=O)NC(N)=O. The van der Waals surface area contributed by atoms with Crippen molar-refractivity contribution in [2.75, 3.05) is 0 Å². The second-order valence-corrected chi connectivity index (χ2v) is 7.67. The lowest BCUT2D eigenvalue weighted by molar-refractivity contribution is -0.120. The van der Waals surface area contributed by atoms with Crippen molar-refractivity contribution in [3.63, 3.8) is 0 Å². The Balaban J connectivity index is 2.03. The maximum Gasteiger partial charge on any atom is 0.318 e. The van der Waals surface area contributed by atoms with E-state index in [9.17, 15) is 14.0 Å². The minimum Gasteiger partial charge on any atom is -0.351 e. The van der Waals surface area contributed by atoms with Crippen LogP contribution < -0.4 is 11.1 Å². The summed E-state index contributed by atoms with van der Waals surface area (Å²) in [6, 6.07) is 12.7. The molecule has 6 nitrogen and oxygen atoms in total. The summed E-state index contributed by atoms with van der Waals surface area (Å²) in [6.07, 6.45) is 0. The standard InChI is InChI=1S/C20H19FN4O2S/c1-11(2)17(18(26)23-20(22)27)28-19-15-6-4-3-5-14(15)16(24-25-19)12-7-9-13(21)10-8-12/h3-11,17H,1-2H3,(H3,22,23,26,27)/t17-/m1/s1. The van der Waals surface area contributed by atoms with Crippen LogP contribution in [0.3, 0.4) is 0 Å². The van der Waals surface area contributed by atoms with Crippen LogP contribution in [0.5, 0.6) is 0 Å². The van der Waals surface area contributed by atoms with Gasteiger partial charge in [0.1, 0.15) is 16.5 Å². The van der Waals surface area contributed by atoms with Gasteiger partial charge in [0, 0.05) is 16.3 Å². The van der Waals surface area contributed by atoms with Crippen molar-refractivity contribution in [1.82, 2.24) is 15.5 Å². The normalized spacial score (nSPS) is 12.1. The van der Waals surface area contributed by atoms with E-state index >= 15 is 0 Å². The fraction of sp³-hybridized carbons (Fsp3) is 0.200. The number of carbonyl (C=O) groups is 2. The number of primary amides is 1. The highest BCUT2D eigenvalue weighted by Gasteiger charge is 2.26. The predicted molar refractivity (Wildman–Crippen MR) is 107 cm³/mol. The van der Waals surface area contributed by atoms with Gasteiger partial charge in [-0.2, -0.15) is 0 Å². The van der Waals surface area contributed by atoms with Crippen molar-refractivity contribution in [1.29, 1.82) is 0 Å². The van der Waals surface area contributed by atoms with E-state index in [-0.39, 0.29) is 11.7 Å². The van der Waals surface area contributed by atoms with E-state index in [1.807, 2.05) is 38.1 Å². The molecule has 0 bridgehead atoms. The van der Waals surface area contributed by atoms with Gasteiger partial charge in [-0.25, -0.2) is 9.18 Å². The van der Waals surface area contributed by atoms with Crippen LogP contribution in [0.4, 0.5) is 9.18 Å². The molecule has 1 atom stereocenters. The Labute approximate surface area is 165 Å². The molecule has 3 aromatic rings. The van der Waals surface area contributed by atoms with Gasteiger partial charge >= 0.3 is 6.03 Å². The molecule has 0 unspecified atom stereocenters. The Morgan fingerprint density at radius 1 is 1.04 bits per heavy atom. The van der Waals surface area contributed by atoms with E-state index in [1.54, 1.807) is 12.1 Å². The van der Waals surface area contributed by atoms with Gasteiger partial charge in [-0.05, 0) is 30.2 Å². The van der Waals surface area contributed by atoms with Crippen molar-refractivity contribution in [3.05, 3.63) is 54.3 Å². The third kappa shape index (κ3) is 4.28. The molecule has 3 amide bonds. The summed E-state index contributed by atoms with van der Waals surface area (Å²) in [5, 5.41) is 12.4. The predicted octanol–water partition coefficient (Wildman–Crippen LogP) is 3.75. The zero-order valence-electron chi connectivity index (χ0n) is 15.3. The molecular formula is C20H19FN4O2S. The van der Waals surface area contributed by atoms with Crippen LogP contribution in [0.1, 0.15) is 13.8 Å². The first-order valence-corrected chi connectivity index (χ1v) is 9.53. The Hall–Kier alpha value is -3.00. The van der Waals surface area contributed by atoms with Crippen LogP contribution in [-0.4, -0.2) is 27.4 Å². The second kappa shape index (κ2) is 8.35. The van der Waals surface area contributed by atoms with Crippen LogP contribution in [-0.2, 0) is 4.79 Å². The molecule has 2 aromatic carbocycles. The van der Waals surface area contributed by atoms with Crippen molar-refractivity contribution >= 4 is 34.5 Å². The van der Waals surface area contributed by atoms with Gasteiger partial charge in [0.05, 0.1) is 5.25 Å². The largest absolute Gasteiger partial charge is 0.351 e. The number of nitrogens with one attached hydrogen (secondary N) is 1. The molecular weight excluding hydrogens is 379 g/mol. The third-order valence-corrected chi connectivity index (χ3v) is 5.66. The van der Waals surface area contributed by atoms with Gasteiger partial charge in [0.25, 0.3) is 0 Å². The van der Waals surface area contributed by atoms with Crippen LogP contribution in [0.15, 0.2) is 53.6 Å². The molecule has 8 heteroatoms. The number of benzene rings is 2. The minimum atomic E-state index is -0.890. The lowest BCUT2D eigenvalue weighted by Crippen LogP contribution is -2.42. The number of hydrogen-bond donors (Lipinski definition) is 2. The highest BCUT2D eigenvalue weighted by Crippen LogP contribution is 2.35. The summed E-state index contributed by atoms with van der Waals surface area (Å²) in [5.74, 6) is -0.865. The van der Waals surface area contributed by atoms with Gasteiger partial charge in [0.15, 0.2) is 0 Å². The Kier molecular flexibility index (Phi) is 5.89. The summed E-state index contributed by atoms with van der Waals surface area (Å²) >= 11 is 1.23. The highest BCUT2D eigenvalue weighted by molar-refractivity contribution is 8.00. The molecule has 0 aliphatic heterocycles. The van der Waals surface area contributed by atoms with E-state index < -0.39 is 17.2 Å². The van der Waals surface area contributed by atoms with E-state index in [4.69, 9.17) is 5.73 Å². The number of hydrogen-bond acceptors (Lipinski definition) is 5. The molecule has 0 saturated heterocycles. The summed E-state index contributed by atoms with van der Waals surface area (Å²) < 4.78 is 13.3. The van der Waals surface area contributed by atoms with Gasteiger partial charge in [0.2, 0.25) is 5.91 Å². The number of rotatable bonds is 5. The molecule has 0 aliphatic rings. The first-order chi connectivity index (χ1) is 13.4. The number of fused-ring (bicyclic) bond motifs is 1. The van der Waals surface area contributed by atoms with Crippen LogP contribution in [0.25, 0.3) is 22.0 Å². The van der Waals surface area contributed by atoms with Crippen molar-refractivity contribution in [3.8, 4) is 11.3 Å². The fourth-order valence-electron chi connectivity index (χ4n) is 2.79. The maximum atomic E-state index is 13.3. The van der Waals surface area contributed by atoms with Gasteiger partial charge in [-0.3, -0.25) is 10.1 Å². The average molecular weight is 398 g/mol. The number of halogens is 1. The van der Waals surface area contributed by atoms with E-state index in [0.717, 1.165) is 16.3 Å². The van der Waals surface area contributed by atoms with E-state index in [1.165, 1.54) is 23.9 Å². The van der Waals surface area contributed by atoms with E-state index in [2.05, 4.69) is 15.5 Å². The molecule has 1 heterocycles. The van der Waals surface area contributed by atoms with Gasteiger partial charge in [-0.1, -0.05) is 49.9 Å². The van der Waals surface area contributed by atoms with Gasteiger partial charge < -0.3 is 5.73 Å². The lowest BCUT2D eigenvalue weighted by atomic mass is 10.1. The molecule has 0 saturated carbocycles. The first kappa shape index (κ1) is 19.8. The Morgan fingerprint density at radius 3 is 2.29 bits per heavy atom. The Morgan fingerprint density at radius 2 is 1.68 bits per heavy atom. The smallest absolute Gasteiger partial charge is 0.318 e. The maximum absolute atomic E-state index is 13.3. The molecule has 0 fully saturated rings. The van der Waals surface area contributed by atoms with E-state index in [0.29, 0.717) is 10.7 Å². The highest BCUT2D eigenvalue weighted by atomic mass is 32.2. The summed E-state index contributed by atoms with van der Waals surface area (Å²) in [6.45, 7) is 3.75. The molecule has 0 aliphatic carbocycles. The average Bonchev–Trinajstić information content (AvgIpc) is 2.66. The second-order valence-electron chi connectivity index (χ2n) is 6.54. The number of nitrogens with zero attached hydrogens (tertiary/aromatic N) is 2. The summed E-state index contributed by atoms with van der Waals surface area (Å²) in [4.78, 5) is 23.4. The number of aromatic nitrogens is 2. The first-order valence-electron chi connectivity index (χ1n) is 8.65. The molecule has 144 valence electrons. The minimum absolute atomic E-state index is 0.0679. The van der Waals surface area contributed by atoms with Crippen LogP contribution in [0, 0.1) is 11.7 Å². The molecule has 0 radical (unpaired) electrons. The van der Waals surface area contributed by atoms with Crippen LogP contribution >= 0.6 is 11.8 Å². The number of thioether (sulfide) groups is 1. The number of urea groups is 1. The molecule has 28 heavy (non-hydrogen) atoms. The Bertz CT molecular complexity index is 1020. The topological polar surface area (TPSA) is 98.0 Å². The number of carbonyl (C=O) groups excluding carboxylic acids is 2. The molecule has 3 rings (SSSR count). The molecule has 1 aromatic heterocycles.